The predicted molar refractivity (Wildman–Crippen MR) is 283 cm³/mol. The van der Waals surface area contributed by atoms with Crippen molar-refractivity contribution < 1.29 is 84.3 Å². The molecular weight excluding hydrogens is 1030 g/mol. The van der Waals surface area contributed by atoms with Crippen molar-refractivity contribution in [1.29, 1.82) is 0 Å². The Balaban J connectivity index is 1.31. The number of rotatable bonds is 17. The lowest BCUT2D eigenvalue weighted by Crippen LogP contribution is -2.64. The summed E-state index contributed by atoms with van der Waals surface area (Å²) in [6, 6.07) is 3.04. The number of phenolic OH excluding ortho intramolecular Hbond substituents is 1. The van der Waals surface area contributed by atoms with Gasteiger partial charge in [0.15, 0.2) is 6.23 Å². The number of nitrogens with one attached hydrogen (secondary N) is 5. The molecule has 3 aliphatic heterocycles. The fraction of sp³-hybridized carbons (Fsp3) is 0.582. The number of aliphatic hydroxyl groups is 8. The first-order valence-corrected chi connectivity index (χ1v) is 27.0. The van der Waals surface area contributed by atoms with Crippen molar-refractivity contribution in [2.75, 3.05) is 19.7 Å². The Morgan fingerprint density at radius 2 is 1.25 bits per heavy atom. The van der Waals surface area contributed by atoms with Gasteiger partial charge in [0.2, 0.25) is 35.4 Å². The highest BCUT2D eigenvalue weighted by atomic mass is 16.5. The quantitative estimate of drug-likeness (QED) is 0.0709. The van der Waals surface area contributed by atoms with Crippen LogP contribution in [0.5, 0.6) is 11.5 Å². The molecule has 0 saturated carbocycles. The number of aliphatic hydroxyl groups excluding tert-OH is 8. The molecule has 24 nitrogen and oxygen atoms in total. The van der Waals surface area contributed by atoms with Gasteiger partial charge < -0.3 is 87.1 Å². The zero-order valence-electron chi connectivity index (χ0n) is 44.8. The van der Waals surface area contributed by atoms with Gasteiger partial charge >= 0.3 is 0 Å². The lowest BCUT2D eigenvalue weighted by atomic mass is 9.96. The van der Waals surface area contributed by atoms with E-state index < -0.39 is 152 Å². The van der Waals surface area contributed by atoms with Crippen LogP contribution in [0.4, 0.5) is 0 Å². The summed E-state index contributed by atoms with van der Waals surface area (Å²) in [5, 5.41) is 113. The Hall–Kier alpha value is -6.51. The minimum atomic E-state index is -2.29. The van der Waals surface area contributed by atoms with Crippen LogP contribution in [0.3, 0.4) is 0 Å². The number of benzene rings is 3. The Bertz CT molecular complexity index is 2610. The first-order chi connectivity index (χ1) is 37.5. The van der Waals surface area contributed by atoms with E-state index in [1.54, 1.807) is 18.2 Å². The first kappa shape index (κ1) is 61.7. The van der Waals surface area contributed by atoms with Crippen LogP contribution in [0.25, 0.3) is 10.8 Å². The van der Waals surface area contributed by atoms with Gasteiger partial charge in [-0.05, 0) is 73.0 Å². The topological polar surface area (TPSA) is 377 Å². The van der Waals surface area contributed by atoms with Crippen LogP contribution in [0.1, 0.15) is 114 Å². The summed E-state index contributed by atoms with van der Waals surface area (Å²) in [4.78, 5) is 102. The Kier molecular flexibility index (Phi) is 21.9. The van der Waals surface area contributed by atoms with E-state index >= 15 is 0 Å². The molecule has 3 fully saturated rings. The molecule has 24 heteroatoms. The second kappa shape index (κ2) is 28.1. The van der Waals surface area contributed by atoms with E-state index in [1.165, 1.54) is 63.3 Å². The number of hydrogen-bond acceptors (Lipinski definition) is 17. The molecule has 3 aromatic rings. The predicted octanol–water partition coefficient (Wildman–Crippen LogP) is -1.16. The summed E-state index contributed by atoms with van der Waals surface area (Å²) in [5.74, 6) is -8.78. The monoisotopic (exact) mass is 1110 g/mol. The molecule has 7 amide bonds. The average molecular weight is 1110 g/mol. The van der Waals surface area contributed by atoms with Gasteiger partial charge in [0, 0.05) is 37.4 Å². The maximum Gasteiger partial charge on any atom is 0.251 e. The molecular formula is C55H77N7O17. The van der Waals surface area contributed by atoms with Crippen LogP contribution in [-0.2, 0) is 28.8 Å². The van der Waals surface area contributed by atoms with Crippen molar-refractivity contribution >= 4 is 52.1 Å². The molecule has 15 atom stereocenters. The van der Waals surface area contributed by atoms with Gasteiger partial charge in [-0.1, -0.05) is 83.1 Å². The van der Waals surface area contributed by atoms with Crippen LogP contribution >= 0.6 is 0 Å². The van der Waals surface area contributed by atoms with Crippen LogP contribution in [0.2, 0.25) is 0 Å². The third-order valence-electron chi connectivity index (χ3n) is 14.8. The number of amides is 7. The highest BCUT2D eigenvalue weighted by Gasteiger charge is 2.50. The fourth-order valence-electron chi connectivity index (χ4n) is 10.1. The maximum atomic E-state index is 14.5. The number of fused-ring (bicyclic) bond motifs is 3. The molecule has 434 valence electrons. The van der Waals surface area contributed by atoms with Crippen molar-refractivity contribution in [1.82, 2.24) is 36.4 Å². The number of unbranched alkanes of at least 4 members (excludes halogenated alkanes) is 7. The molecule has 79 heavy (non-hydrogen) atoms. The molecule has 3 saturated heterocycles. The molecule has 0 aliphatic carbocycles. The number of carbonyl (C=O) groups is 7. The minimum Gasteiger partial charge on any atom is -0.508 e. The lowest BCUT2D eigenvalue weighted by molar-refractivity contribution is -0.148. The minimum absolute atomic E-state index is 0.0262. The number of aromatic hydroxyl groups is 1. The SMILES string of the molecule is CCCCCCCCCCOc1ccc2cc(C(=O)N[C@H]3C[C@@H](O)[C@H](O)NC(=O)[C@@H]4[C@@H](O)[C@@H](C)CN4C(=O)[C@H]([C@@H](C)O)NC(=O)[C@H]([C@H](O)[C@@H](O)c4ccc(O)cc4)NC(=O)[C@@H]4C[C@@H](O)CN4C(=O)[C@H]([C@@H](C)O)NC3=O)ccc2c1. The molecule has 0 aromatic heterocycles. The number of nitrogens with zero attached hydrogens (tertiary/aromatic N) is 2. The Labute approximate surface area is 457 Å². The number of carbonyl (C=O) groups excluding carboxylic acids is 7. The number of hydrogen-bond donors (Lipinski definition) is 14. The smallest absolute Gasteiger partial charge is 0.251 e. The van der Waals surface area contributed by atoms with Gasteiger partial charge in [0.25, 0.3) is 5.91 Å². The van der Waals surface area contributed by atoms with Crippen LogP contribution in [-0.4, -0.2) is 196 Å². The molecule has 3 heterocycles. The van der Waals surface area contributed by atoms with Crippen LogP contribution in [0, 0.1) is 5.92 Å². The standard InChI is InChI=1S/C55H77N7O17/c1-5-6-7-8-9-10-11-12-21-79-37-20-17-32-22-34(14-13-33(32)23-37)48(71)56-38-25-40(67)51(74)60-53(76)44-45(68)28(2)26-62(44)55(78)42(30(4)64)58-52(75)43(47(70)46(69)31-15-18-35(65)19-16-31)59-50(73)39-24-36(66)27-61(39)54(77)41(29(3)63)57-49(38)72/h13-20,22-23,28-30,36,38-47,51,63-70,74H,5-12,21,24-27H2,1-4H3,(H,56,71)(H,57,72)(H,58,75)(H,59,73)(H,60,76)/t28-,29+,30+,36+,38-,39-,40+,41-,42-,43-,44-,45-,46-,47-,51-/m0/s1. The zero-order valence-corrected chi connectivity index (χ0v) is 44.8. The van der Waals surface area contributed by atoms with Gasteiger partial charge in [-0.25, -0.2) is 0 Å². The number of phenols is 1. The van der Waals surface area contributed by atoms with E-state index in [-0.39, 0.29) is 23.4 Å². The summed E-state index contributed by atoms with van der Waals surface area (Å²) in [6.45, 7) is 5.43. The molecule has 3 aliphatic rings. The lowest BCUT2D eigenvalue weighted by Gasteiger charge is -2.34. The van der Waals surface area contributed by atoms with E-state index in [2.05, 4.69) is 33.5 Å². The highest BCUT2D eigenvalue weighted by molar-refractivity contribution is 6.02. The zero-order chi connectivity index (χ0) is 57.8. The van der Waals surface area contributed by atoms with Crippen molar-refractivity contribution in [3.63, 3.8) is 0 Å². The third-order valence-corrected chi connectivity index (χ3v) is 14.8. The Morgan fingerprint density at radius 1 is 0.671 bits per heavy atom. The van der Waals surface area contributed by atoms with Crippen LogP contribution in [0.15, 0.2) is 60.7 Å². The molecule has 0 unspecified atom stereocenters. The van der Waals surface area contributed by atoms with Gasteiger partial charge in [-0.3, -0.25) is 33.6 Å². The van der Waals surface area contributed by atoms with E-state index in [4.69, 9.17) is 4.74 Å². The summed E-state index contributed by atoms with van der Waals surface area (Å²) >= 11 is 0. The van der Waals surface area contributed by atoms with Gasteiger partial charge in [0.05, 0.1) is 31.0 Å². The molecule has 14 N–H and O–H groups in total. The molecule has 3 aromatic carbocycles. The van der Waals surface area contributed by atoms with E-state index in [9.17, 15) is 79.5 Å². The molecule has 0 radical (unpaired) electrons. The number of ether oxygens (including phenoxy) is 1. The third kappa shape index (κ3) is 15.7. The van der Waals surface area contributed by atoms with Crippen molar-refractivity contribution in [2.45, 2.75) is 177 Å². The van der Waals surface area contributed by atoms with Gasteiger partial charge in [0.1, 0.15) is 66.1 Å². The second-order valence-corrected chi connectivity index (χ2v) is 21.1. The van der Waals surface area contributed by atoms with E-state index in [0.29, 0.717) is 17.7 Å². The molecule has 0 spiro atoms. The van der Waals surface area contributed by atoms with E-state index in [1.807, 2.05) is 6.07 Å². The van der Waals surface area contributed by atoms with Crippen molar-refractivity contribution in [3.8, 4) is 11.5 Å². The second-order valence-electron chi connectivity index (χ2n) is 21.1. The summed E-state index contributed by atoms with van der Waals surface area (Å²) in [6.07, 6.45) is -7.55. The van der Waals surface area contributed by atoms with Gasteiger partial charge in [-0.15, -0.1) is 0 Å². The van der Waals surface area contributed by atoms with Crippen LogP contribution < -0.4 is 31.3 Å². The maximum absolute atomic E-state index is 14.5. The van der Waals surface area contributed by atoms with E-state index in [0.717, 1.165) is 60.4 Å². The first-order valence-electron chi connectivity index (χ1n) is 27.0. The Morgan fingerprint density at radius 3 is 1.90 bits per heavy atom. The summed E-state index contributed by atoms with van der Waals surface area (Å²) in [5.41, 5.74) is -0.0451. The summed E-state index contributed by atoms with van der Waals surface area (Å²) < 4.78 is 6.00. The fourth-order valence-corrected chi connectivity index (χ4v) is 10.1. The van der Waals surface area contributed by atoms with Gasteiger partial charge in [-0.2, -0.15) is 0 Å². The molecule has 6 rings (SSSR count). The average Bonchev–Trinajstić information content (AvgIpc) is 3.98. The van der Waals surface area contributed by atoms with Crippen molar-refractivity contribution in [3.05, 3.63) is 71.8 Å². The normalized spacial score (nSPS) is 28.3. The van der Waals surface area contributed by atoms with Crippen molar-refractivity contribution in [2.24, 2.45) is 5.92 Å². The molecule has 0 bridgehead atoms. The largest absolute Gasteiger partial charge is 0.508 e. The summed E-state index contributed by atoms with van der Waals surface area (Å²) in [7, 11) is 0. The highest BCUT2D eigenvalue weighted by Crippen LogP contribution is 2.28.